The number of hydrogen-bond donors (Lipinski definition) is 0. The van der Waals surface area contributed by atoms with E-state index >= 15 is 0 Å². The first kappa shape index (κ1) is 11.5. The summed E-state index contributed by atoms with van der Waals surface area (Å²) in [5, 5.41) is 1.61. The van der Waals surface area contributed by atoms with Gasteiger partial charge in [-0.15, -0.1) is 0 Å². The minimum absolute atomic E-state index is 0.805. The van der Waals surface area contributed by atoms with Crippen LogP contribution in [0.25, 0.3) is 0 Å². The Morgan fingerprint density at radius 3 is 2.38 bits per heavy atom. The van der Waals surface area contributed by atoms with Gasteiger partial charge < -0.3 is 0 Å². The molecule has 0 N–H and O–H groups in total. The second-order valence-electron chi connectivity index (χ2n) is 3.85. The summed E-state index contributed by atoms with van der Waals surface area (Å²) < 4.78 is 0. The zero-order chi connectivity index (χ0) is 11.5. The molecule has 0 atom stereocenters. The van der Waals surface area contributed by atoms with Gasteiger partial charge in [-0.2, -0.15) is 0 Å². The van der Waals surface area contributed by atoms with Gasteiger partial charge in [0.25, 0.3) is 0 Å². The Hall–Kier alpha value is -0.980. The van der Waals surface area contributed by atoms with Gasteiger partial charge in [0.15, 0.2) is 0 Å². The van der Waals surface area contributed by atoms with Crippen molar-refractivity contribution in [1.29, 1.82) is 0 Å². The van der Waals surface area contributed by atoms with Crippen LogP contribution in [0.5, 0.6) is 0 Å². The fourth-order valence-electron chi connectivity index (χ4n) is 1.61. The molecule has 2 aromatic rings. The molecule has 0 spiro atoms. The van der Waals surface area contributed by atoms with Crippen LogP contribution in [0.3, 0.4) is 0 Å². The van der Waals surface area contributed by atoms with Crippen LogP contribution in [0.2, 0.25) is 10.0 Å². The lowest BCUT2D eigenvalue weighted by Gasteiger charge is -2.06. The van der Waals surface area contributed by atoms with Crippen molar-refractivity contribution in [1.82, 2.24) is 0 Å². The molecule has 0 aromatic heterocycles. The van der Waals surface area contributed by atoms with E-state index in [1.54, 1.807) is 0 Å². The predicted molar refractivity (Wildman–Crippen MR) is 70.4 cm³/mol. The third kappa shape index (κ3) is 2.58. The summed E-state index contributed by atoms with van der Waals surface area (Å²) in [7, 11) is 0. The highest BCUT2D eigenvalue weighted by molar-refractivity contribution is 6.31. The molecule has 0 saturated carbocycles. The third-order valence-corrected chi connectivity index (χ3v) is 3.36. The first-order chi connectivity index (χ1) is 7.66. The van der Waals surface area contributed by atoms with Gasteiger partial charge in [-0.1, -0.05) is 53.5 Å². The summed E-state index contributed by atoms with van der Waals surface area (Å²) in [6, 6.07) is 14.0. The van der Waals surface area contributed by atoms with E-state index in [0.29, 0.717) is 0 Å². The molecule has 2 rings (SSSR count). The topological polar surface area (TPSA) is 0 Å². The Labute approximate surface area is 106 Å². The quantitative estimate of drug-likeness (QED) is 0.712. The van der Waals surface area contributed by atoms with Crippen molar-refractivity contribution in [2.45, 2.75) is 13.3 Å². The minimum atomic E-state index is 0.805. The molecule has 16 heavy (non-hydrogen) atoms. The molecule has 0 unspecified atom stereocenters. The van der Waals surface area contributed by atoms with Crippen molar-refractivity contribution in [3.05, 3.63) is 69.2 Å². The zero-order valence-corrected chi connectivity index (χ0v) is 10.5. The lowest BCUT2D eigenvalue weighted by atomic mass is 10.0. The largest absolute Gasteiger partial charge is 0.0840 e. The SMILES string of the molecule is Cc1ccc(Cc2ccccc2Cl)cc1Cl. The molecule has 0 aliphatic carbocycles. The summed E-state index contributed by atoms with van der Waals surface area (Å²) in [5.41, 5.74) is 3.41. The maximum Gasteiger partial charge on any atom is 0.0441 e. The van der Waals surface area contributed by atoms with Gasteiger partial charge >= 0.3 is 0 Å². The summed E-state index contributed by atoms with van der Waals surface area (Å²) in [6.45, 7) is 2.00. The van der Waals surface area contributed by atoms with Crippen molar-refractivity contribution in [2.24, 2.45) is 0 Å². The summed E-state index contributed by atoms with van der Waals surface area (Å²) in [5.74, 6) is 0. The fraction of sp³-hybridized carbons (Fsp3) is 0.143. The van der Waals surface area contributed by atoms with Crippen molar-refractivity contribution < 1.29 is 0 Å². The van der Waals surface area contributed by atoms with E-state index < -0.39 is 0 Å². The standard InChI is InChI=1S/C14H12Cl2/c1-10-6-7-11(9-14(10)16)8-12-4-2-3-5-13(12)15/h2-7,9H,8H2,1H3. The Morgan fingerprint density at radius 2 is 1.69 bits per heavy atom. The third-order valence-electron chi connectivity index (χ3n) is 2.59. The molecule has 0 bridgehead atoms. The Balaban J connectivity index is 2.28. The fourth-order valence-corrected chi connectivity index (χ4v) is 2.01. The predicted octanol–water partition coefficient (Wildman–Crippen LogP) is 4.89. The molecule has 0 fully saturated rings. The first-order valence-corrected chi connectivity index (χ1v) is 5.91. The van der Waals surface area contributed by atoms with Gasteiger partial charge in [-0.3, -0.25) is 0 Å². The van der Waals surface area contributed by atoms with Crippen molar-refractivity contribution in [2.75, 3.05) is 0 Å². The van der Waals surface area contributed by atoms with Crippen LogP contribution < -0.4 is 0 Å². The Kier molecular flexibility index (Phi) is 3.52. The number of benzene rings is 2. The maximum absolute atomic E-state index is 6.11. The van der Waals surface area contributed by atoms with Crippen molar-refractivity contribution >= 4 is 23.2 Å². The van der Waals surface area contributed by atoms with Crippen LogP contribution in [-0.2, 0) is 6.42 Å². The first-order valence-electron chi connectivity index (χ1n) is 5.15. The summed E-state index contributed by atoms with van der Waals surface area (Å²) in [6.07, 6.45) is 0.819. The normalized spacial score (nSPS) is 10.4. The molecular weight excluding hydrogens is 239 g/mol. The van der Waals surface area contributed by atoms with Crippen LogP contribution in [-0.4, -0.2) is 0 Å². The van der Waals surface area contributed by atoms with Crippen molar-refractivity contribution in [3.8, 4) is 0 Å². The Bertz CT molecular complexity index is 504. The molecule has 0 heterocycles. The van der Waals surface area contributed by atoms with Crippen LogP contribution in [0, 0.1) is 6.92 Å². The highest BCUT2D eigenvalue weighted by Crippen LogP contribution is 2.22. The summed E-state index contributed by atoms with van der Waals surface area (Å²) in [4.78, 5) is 0. The second-order valence-corrected chi connectivity index (χ2v) is 4.67. The highest BCUT2D eigenvalue weighted by atomic mass is 35.5. The van der Waals surface area contributed by atoms with Gasteiger partial charge in [0.1, 0.15) is 0 Å². The molecule has 0 aliphatic heterocycles. The van der Waals surface area contributed by atoms with E-state index in [4.69, 9.17) is 23.2 Å². The van der Waals surface area contributed by atoms with E-state index in [2.05, 4.69) is 6.07 Å². The number of aryl methyl sites for hydroxylation is 1. The molecular formula is C14H12Cl2. The second kappa shape index (κ2) is 4.90. The van der Waals surface area contributed by atoms with Gasteiger partial charge in [-0.25, -0.2) is 0 Å². The summed E-state index contributed by atoms with van der Waals surface area (Å²) >= 11 is 12.2. The van der Waals surface area contributed by atoms with E-state index in [1.165, 1.54) is 5.56 Å². The number of rotatable bonds is 2. The van der Waals surface area contributed by atoms with E-state index in [9.17, 15) is 0 Å². The van der Waals surface area contributed by atoms with Gasteiger partial charge in [0.05, 0.1) is 0 Å². The Morgan fingerprint density at radius 1 is 0.938 bits per heavy atom. The van der Waals surface area contributed by atoms with Crippen LogP contribution in [0.15, 0.2) is 42.5 Å². The monoisotopic (exact) mass is 250 g/mol. The molecule has 82 valence electrons. The van der Waals surface area contributed by atoms with Crippen LogP contribution in [0.4, 0.5) is 0 Å². The smallest absolute Gasteiger partial charge is 0.0441 e. The zero-order valence-electron chi connectivity index (χ0n) is 9.00. The molecule has 0 radical (unpaired) electrons. The number of hydrogen-bond acceptors (Lipinski definition) is 0. The highest BCUT2D eigenvalue weighted by Gasteiger charge is 2.02. The molecule has 0 aliphatic rings. The van der Waals surface area contributed by atoms with Crippen LogP contribution >= 0.6 is 23.2 Å². The number of halogens is 2. The molecule has 0 amide bonds. The lowest BCUT2D eigenvalue weighted by Crippen LogP contribution is -1.89. The van der Waals surface area contributed by atoms with Crippen molar-refractivity contribution in [3.63, 3.8) is 0 Å². The molecule has 2 heteroatoms. The van der Waals surface area contributed by atoms with Gasteiger partial charge in [0.2, 0.25) is 0 Å². The van der Waals surface area contributed by atoms with E-state index in [-0.39, 0.29) is 0 Å². The minimum Gasteiger partial charge on any atom is -0.0840 e. The maximum atomic E-state index is 6.11. The van der Waals surface area contributed by atoms with E-state index in [0.717, 1.165) is 27.6 Å². The van der Waals surface area contributed by atoms with Crippen LogP contribution in [0.1, 0.15) is 16.7 Å². The molecule has 2 aromatic carbocycles. The molecule has 0 saturated heterocycles. The average Bonchev–Trinajstić information content (AvgIpc) is 2.27. The van der Waals surface area contributed by atoms with Gasteiger partial charge in [0, 0.05) is 10.0 Å². The van der Waals surface area contributed by atoms with E-state index in [1.807, 2.05) is 43.3 Å². The average molecular weight is 251 g/mol. The lowest BCUT2D eigenvalue weighted by molar-refractivity contribution is 1.19. The molecule has 0 nitrogen and oxygen atoms in total. The van der Waals surface area contributed by atoms with Gasteiger partial charge in [-0.05, 0) is 42.2 Å².